The Balaban J connectivity index is 1.87. The molecular formula is C19H13F4N5O. The van der Waals surface area contributed by atoms with Gasteiger partial charge in [-0.1, -0.05) is 0 Å². The second kappa shape index (κ2) is 7.12. The average molecular weight is 403 g/mol. The number of H-pyrrole nitrogens is 1. The Labute approximate surface area is 160 Å². The van der Waals surface area contributed by atoms with Crippen molar-refractivity contribution in [1.82, 2.24) is 24.3 Å². The Hall–Kier alpha value is -3.56. The van der Waals surface area contributed by atoms with Gasteiger partial charge in [-0.3, -0.25) is 4.79 Å². The smallest absolute Gasteiger partial charge is 0.287 e. The zero-order valence-electron chi connectivity index (χ0n) is 15.0. The van der Waals surface area contributed by atoms with E-state index in [4.69, 9.17) is 0 Å². The highest BCUT2D eigenvalue weighted by Crippen LogP contribution is 2.21. The van der Waals surface area contributed by atoms with E-state index in [0.717, 1.165) is 12.1 Å². The predicted octanol–water partition coefficient (Wildman–Crippen LogP) is 3.27. The number of rotatable bonds is 4. The fourth-order valence-corrected chi connectivity index (χ4v) is 2.95. The number of halogens is 4. The van der Waals surface area contributed by atoms with Gasteiger partial charge in [0.15, 0.2) is 11.5 Å². The standard InChI is InChI=1S/C19H13F4N5O/c1-9-4-12(22)10(5-11(9)21)6-13-18-24-2-3-28(18)8-15(25-13)17-26-14(7-20)16(23)19(29)27-17/h2-5,8H,6-7H2,1H3,(H,26,27,29). The second-order valence-corrected chi connectivity index (χ2v) is 6.41. The number of alkyl halides is 1. The van der Waals surface area contributed by atoms with Crippen molar-refractivity contribution in [3.05, 3.63) is 81.0 Å². The summed E-state index contributed by atoms with van der Waals surface area (Å²) in [5.41, 5.74) is -0.815. The van der Waals surface area contributed by atoms with Gasteiger partial charge >= 0.3 is 0 Å². The van der Waals surface area contributed by atoms with E-state index in [1.54, 1.807) is 10.6 Å². The molecule has 4 rings (SSSR count). The highest BCUT2D eigenvalue weighted by atomic mass is 19.1. The van der Waals surface area contributed by atoms with Crippen LogP contribution in [0, 0.1) is 24.4 Å². The first-order chi connectivity index (χ1) is 13.9. The zero-order valence-corrected chi connectivity index (χ0v) is 15.0. The van der Waals surface area contributed by atoms with Crippen LogP contribution in [0.15, 0.2) is 35.5 Å². The molecule has 0 atom stereocenters. The molecule has 3 aromatic heterocycles. The van der Waals surface area contributed by atoms with Crippen molar-refractivity contribution in [1.29, 1.82) is 0 Å². The van der Waals surface area contributed by atoms with E-state index in [9.17, 15) is 22.4 Å². The monoisotopic (exact) mass is 403 g/mol. The van der Waals surface area contributed by atoms with Crippen molar-refractivity contribution < 1.29 is 17.6 Å². The second-order valence-electron chi connectivity index (χ2n) is 6.41. The first-order valence-electron chi connectivity index (χ1n) is 8.49. The maximum Gasteiger partial charge on any atom is 0.287 e. The first-order valence-corrected chi connectivity index (χ1v) is 8.49. The SMILES string of the molecule is Cc1cc(F)c(Cc2nc(-c3nc(CF)c(F)c(=O)[nH]3)cn3ccnc23)cc1F. The average Bonchev–Trinajstić information content (AvgIpc) is 3.17. The van der Waals surface area contributed by atoms with Gasteiger partial charge in [0, 0.05) is 25.0 Å². The molecular weight excluding hydrogens is 390 g/mol. The van der Waals surface area contributed by atoms with E-state index in [-0.39, 0.29) is 34.8 Å². The molecule has 0 saturated carbocycles. The van der Waals surface area contributed by atoms with Crippen LogP contribution in [0.5, 0.6) is 0 Å². The summed E-state index contributed by atoms with van der Waals surface area (Å²) < 4.78 is 56.3. The fraction of sp³-hybridized carbons (Fsp3) is 0.158. The largest absolute Gasteiger partial charge is 0.303 e. The minimum absolute atomic E-state index is 0.0626. The molecule has 1 aromatic carbocycles. The Morgan fingerprint density at radius 3 is 2.66 bits per heavy atom. The molecule has 0 unspecified atom stereocenters. The summed E-state index contributed by atoms with van der Waals surface area (Å²) in [5, 5.41) is 0. The maximum absolute atomic E-state index is 14.3. The summed E-state index contributed by atoms with van der Waals surface area (Å²) >= 11 is 0. The highest BCUT2D eigenvalue weighted by molar-refractivity contribution is 5.55. The van der Waals surface area contributed by atoms with Crippen molar-refractivity contribution >= 4 is 5.65 Å². The molecule has 0 saturated heterocycles. The van der Waals surface area contributed by atoms with Gasteiger partial charge in [-0.05, 0) is 30.2 Å². The van der Waals surface area contributed by atoms with Crippen LogP contribution in [0.2, 0.25) is 0 Å². The summed E-state index contributed by atoms with van der Waals surface area (Å²) in [7, 11) is 0. The molecule has 0 fully saturated rings. The summed E-state index contributed by atoms with van der Waals surface area (Å²) in [6, 6.07) is 2.17. The molecule has 10 heteroatoms. The molecule has 4 aromatic rings. The van der Waals surface area contributed by atoms with Crippen LogP contribution >= 0.6 is 0 Å². The third kappa shape index (κ3) is 3.37. The Morgan fingerprint density at radius 1 is 1.10 bits per heavy atom. The van der Waals surface area contributed by atoms with E-state index >= 15 is 0 Å². The number of aryl methyl sites for hydroxylation is 1. The third-order valence-electron chi connectivity index (χ3n) is 4.43. The van der Waals surface area contributed by atoms with Crippen molar-refractivity contribution in [2.75, 3.05) is 0 Å². The van der Waals surface area contributed by atoms with Crippen LogP contribution in [0.1, 0.15) is 22.5 Å². The topological polar surface area (TPSA) is 75.9 Å². The van der Waals surface area contributed by atoms with Crippen LogP contribution in [-0.4, -0.2) is 24.3 Å². The van der Waals surface area contributed by atoms with Gasteiger partial charge < -0.3 is 9.38 Å². The Morgan fingerprint density at radius 2 is 1.90 bits per heavy atom. The molecule has 148 valence electrons. The van der Waals surface area contributed by atoms with Crippen LogP contribution in [0.4, 0.5) is 17.6 Å². The molecule has 3 heterocycles. The van der Waals surface area contributed by atoms with Crippen molar-refractivity contribution in [3.8, 4) is 11.5 Å². The molecule has 1 N–H and O–H groups in total. The van der Waals surface area contributed by atoms with Gasteiger partial charge in [-0.15, -0.1) is 0 Å². The molecule has 0 amide bonds. The summed E-state index contributed by atoms with van der Waals surface area (Å²) in [6.07, 6.45) is 4.41. The lowest BCUT2D eigenvalue weighted by Crippen LogP contribution is -2.17. The van der Waals surface area contributed by atoms with Gasteiger partial charge in [0.25, 0.3) is 5.56 Å². The Kier molecular flexibility index (Phi) is 4.61. The lowest BCUT2D eigenvalue weighted by Gasteiger charge is -2.09. The van der Waals surface area contributed by atoms with Gasteiger partial charge in [0.05, 0.1) is 5.69 Å². The third-order valence-corrected chi connectivity index (χ3v) is 4.43. The molecule has 0 bridgehead atoms. The molecule has 0 aliphatic heterocycles. The van der Waals surface area contributed by atoms with Crippen LogP contribution in [0.3, 0.4) is 0 Å². The number of benzene rings is 1. The lowest BCUT2D eigenvalue weighted by molar-refractivity contribution is 0.447. The van der Waals surface area contributed by atoms with Crippen LogP contribution < -0.4 is 5.56 Å². The van der Waals surface area contributed by atoms with Gasteiger partial charge in [0.2, 0.25) is 5.82 Å². The molecule has 0 aliphatic rings. The number of aromatic nitrogens is 5. The number of nitrogens with zero attached hydrogens (tertiary/aromatic N) is 4. The molecule has 29 heavy (non-hydrogen) atoms. The van der Waals surface area contributed by atoms with E-state index in [1.807, 2.05) is 0 Å². The number of hydrogen-bond acceptors (Lipinski definition) is 4. The number of fused-ring (bicyclic) bond motifs is 1. The van der Waals surface area contributed by atoms with E-state index in [1.165, 1.54) is 19.3 Å². The van der Waals surface area contributed by atoms with Crippen molar-refractivity contribution in [3.63, 3.8) is 0 Å². The van der Waals surface area contributed by atoms with Gasteiger partial charge in [-0.2, -0.15) is 4.39 Å². The number of aromatic amines is 1. The fourth-order valence-electron chi connectivity index (χ4n) is 2.95. The van der Waals surface area contributed by atoms with Crippen LogP contribution in [-0.2, 0) is 13.1 Å². The van der Waals surface area contributed by atoms with E-state index < -0.39 is 35.4 Å². The van der Waals surface area contributed by atoms with Gasteiger partial charge in [0.1, 0.15) is 29.7 Å². The van der Waals surface area contributed by atoms with Crippen molar-refractivity contribution in [2.24, 2.45) is 0 Å². The minimum Gasteiger partial charge on any atom is -0.303 e. The molecule has 6 nitrogen and oxygen atoms in total. The minimum atomic E-state index is -1.31. The summed E-state index contributed by atoms with van der Waals surface area (Å²) in [4.78, 5) is 26.2. The normalized spacial score (nSPS) is 11.3. The number of hydrogen-bond donors (Lipinski definition) is 1. The predicted molar refractivity (Wildman–Crippen MR) is 95.5 cm³/mol. The van der Waals surface area contributed by atoms with E-state index in [0.29, 0.717) is 5.65 Å². The quantitative estimate of drug-likeness (QED) is 0.531. The number of nitrogens with one attached hydrogen (secondary N) is 1. The zero-order chi connectivity index (χ0) is 20.7. The summed E-state index contributed by atoms with van der Waals surface area (Å²) in [6.45, 7) is 0.184. The maximum atomic E-state index is 14.3. The molecule has 0 spiro atoms. The van der Waals surface area contributed by atoms with Crippen molar-refractivity contribution in [2.45, 2.75) is 20.0 Å². The van der Waals surface area contributed by atoms with Gasteiger partial charge in [-0.25, -0.2) is 28.1 Å². The highest BCUT2D eigenvalue weighted by Gasteiger charge is 2.17. The molecule has 0 aliphatic carbocycles. The first kappa shape index (κ1) is 18.8. The lowest BCUT2D eigenvalue weighted by atomic mass is 10.1. The Bertz CT molecular complexity index is 1300. The van der Waals surface area contributed by atoms with Crippen LogP contribution in [0.25, 0.3) is 17.2 Å². The molecule has 0 radical (unpaired) electrons. The summed E-state index contributed by atoms with van der Waals surface area (Å²) in [5.74, 6) is -2.63. The number of imidazole rings is 1. The van der Waals surface area contributed by atoms with E-state index in [2.05, 4.69) is 19.9 Å².